The number of carbonyl (C=O) groups is 1. The summed E-state index contributed by atoms with van der Waals surface area (Å²) >= 11 is 5.67. The number of carbonyl (C=O) groups excluding carboxylic acids is 1. The fraction of sp³-hybridized carbons (Fsp3) is 0.562. The molecule has 1 aromatic carbocycles. The summed E-state index contributed by atoms with van der Waals surface area (Å²) in [6.07, 6.45) is 0. The third-order valence-corrected chi connectivity index (χ3v) is 4.44. The van der Waals surface area contributed by atoms with Gasteiger partial charge in [0.25, 0.3) is 0 Å². The lowest BCUT2D eigenvalue weighted by Crippen LogP contribution is -2.10. The number of hydrogen-bond donors (Lipinski definition) is 0. The molecule has 0 aromatic heterocycles. The minimum Gasteiger partial charge on any atom is -0.281 e. The Balaban J connectivity index is 2.25. The molecule has 1 saturated carbocycles. The van der Waals surface area contributed by atoms with Crippen LogP contribution in [0.2, 0.25) is 0 Å². The highest BCUT2D eigenvalue weighted by Crippen LogP contribution is 2.65. The highest BCUT2D eigenvalue weighted by Gasteiger charge is 2.61. The van der Waals surface area contributed by atoms with E-state index < -0.39 is 0 Å². The molecule has 0 saturated heterocycles. The molecule has 18 heavy (non-hydrogen) atoms. The summed E-state index contributed by atoms with van der Waals surface area (Å²) in [5, 5.41) is -0.204. The molecule has 2 heteroatoms. The SMILES string of the molecule is CC(C)(C)c1ccc([C@H]2[C@H](C(=O)Cl)C2(C)C)cc1. The summed E-state index contributed by atoms with van der Waals surface area (Å²) in [7, 11) is 0. The minimum atomic E-state index is -0.204. The molecule has 0 aliphatic heterocycles. The van der Waals surface area contributed by atoms with Crippen molar-refractivity contribution in [2.45, 2.75) is 46.0 Å². The van der Waals surface area contributed by atoms with E-state index in [9.17, 15) is 4.79 Å². The molecule has 98 valence electrons. The highest BCUT2D eigenvalue weighted by atomic mass is 35.5. The monoisotopic (exact) mass is 264 g/mol. The Bertz CT molecular complexity index is 465. The maximum absolute atomic E-state index is 11.4. The quantitative estimate of drug-likeness (QED) is 0.720. The summed E-state index contributed by atoms with van der Waals surface area (Å²) in [6.45, 7) is 10.8. The van der Waals surface area contributed by atoms with E-state index in [4.69, 9.17) is 11.6 Å². The van der Waals surface area contributed by atoms with Crippen molar-refractivity contribution in [2.75, 3.05) is 0 Å². The van der Waals surface area contributed by atoms with Gasteiger partial charge in [0.15, 0.2) is 0 Å². The van der Waals surface area contributed by atoms with Crippen LogP contribution in [-0.2, 0) is 10.2 Å². The van der Waals surface area contributed by atoms with Gasteiger partial charge < -0.3 is 0 Å². The maximum atomic E-state index is 11.4. The average molecular weight is 265 g/mol. The van der Waals surface area contributed by atoms with Crippen LogP contribution in [0.5, 0.6) is 0 Å². The first kappa shape index (κ1) is 13.6. The third kappa shape index (κ3) is 2.21. The van der Waals surface area contributed by atoms with Crippen molar-refractivity contribution in [1.29, 1.82) is 0 Å². The van der Waals surface area contributed by atoms with Gasteiger partial charge in [-0.25, -0.2) is 0 Å². The molecular formula is C16H21ClO. The summed E-state index contributed by atoms with van der Waals surface area (Å²) < 4.78 is 0. The van der Waals surface area contributed by atoms with Crippen molar-refractivity contribution in [3.8, 4) is 0 Å². The molecule has 0 unspecified atom stereocenters. The van der Waals surface area contributed by atoms with Crippen LogP contribution in [0.1, 0.15) is 51.7 Å². The van der Waals surface area contributed by atoms with Crippen LogP contribution in [0.4, 0.5) is 0 Å². The van der Waals surface area contributed by atoms with Gasteiger partial charge in [0.1, 0.15) is 0 Å². The predicted molar refractivity (Wildman–Crippen MR) is 76.0 cm³/mol. The van der Waals surface area contributed by atoms with E-state index in [0.29, 0.717) is 0 Å². The van der Waals surface area contributed by atoms with E-state index in [0.717, 1.165) is 0 Å². The van der Waals surface area contributed by atoms with Crippen molar-refractivity contribution in [3.05, 3.63) is 35.4 Å². The number of rotatable bonds is 2. The van der Waals surface area contributed by atoms with Gasteiger partial charge in [-0.05, 0) is 33.6 Å². The molecule has 1 aliphatic carbocycles. The fourth-order valence-electron chi connectivity index (χ4n) is 2.87. The first-order valence-electron chi connectivity index (χ1n) is 6.45. The zero-order valence-corrected chi connectivity index (χ0v) is 12.5. The first-order chi connectivity index (χ1) is 8.15. The molecule has 1 nitrogen and oxygen atoms in total. The van der Waals surface area contributed by atoms with Crippen LogP contribution in [0.3, 0.4) is 0 Å². The van der Waals surface area contributed by atoms with Crippen LogP contribution >= 0.6 is 11.6 Å². The molecule has 0 bridgehead atoms. The molecule has 2 rings (SSSR count). The summed E-state index contributed by atoms with van der Waals surface area (Å²) in [6, 6.07) is 8.62. The van der Waals surface area contributed by atoms with Gasteiger partial charge in [0.2, 0.25) is 5.24 Å². The van der Waals surface area contributed by atoms with Crippen LogP contribution < -0.4 is 0 Å². The molecule has 0 spiro atoms. The van der Waals surface area contributed by atoms with Gasteiger partial charge in [-0.2, -0.15) is 0 Å². The highest BCUT2D eigenvalue weighted by molar-refractivity contribution is 6.64. The van der Waals surface area contributed by atoms with Gasteiger partial charge in [0.05, 0.1) is 0 Å². The van der Waals surface area contributed by atoms with Crippen LogP contribution in [0.25, 0.3) is 0 Å². The Morgan fingerprint density at radius 1 is 1.17 bits per heavy atom. The number of hydrogen-bond acceptors (Lipinski definition) is 1. The van der Waals surface area contributed by atoms with Gasteiger partial charge in [-0.3, -0.25) is 4.79 Å². The molecule has 0 radical (unpaired) electrons. The Labute approximate surface area is 115 Å². The second kappa shape index (κ2) is 4.09. The van der Waals surface area contributed by atoms with Crippen molar-refractivity contribution in [2.24, 2.45) is 11.3 Å². The second-order valence-corrected chi connectivity index (χ2v) is 7.33. The fourth-order valence-corrected chi connectivity index (χ4v) is 3.28. The Morgan fingerprint density at radius 2 is 1.67 bits per heavy atom. The van der Waals surface area contributed by atoms with Crippen LogP contribution in [-0.4, -0.2) is 5.24 Å². The lowest BCUT2D eigenvalue weighted by Gasteiger charge is -2.19. The molecule has 0 heterocycles. The zero-order valence-electron chi connectivity index (χ0n) is 11.8. The van der Waals surface area contributed by atoms with Crippen molar-refractivity contribution < 1.29 is 4.79 Å². The number of benzene rings is 1. The lowest BCUT2D eigenvalue weighted by atomic mass is 9.86. The van der Waals surface area contributed by atoms with Crippen molar-refractivity contribution >= 4 is 16.8 Å². The van der Waals surface area contributed by atoms with Crippen molar-refractivity contribution in [1.82, 2.24) is 0 Å². The molecule has 0 N–H and O–H groups in total. The Kier molecular flexibility index (Phi) is 3.09. The van der Waals surface area contributed by atoms with Crippen LogP contribution in [0.15, 0.2) is 24.3 Å². The van der Waals surface area contributed by atoms with E-state index in [1.54, 1.807) is 0 Å². The largest absolute Gasteiger partial charge is 0.281 e. The van der Waals surface area contributed by atoms with Crippen LogP contribution in [0, 0.1) is 11.3 Å². The average Bonchev–Trinajstić information content (AvgIpc) is 2.80. The van der Waals surface area contributed by atoms with E-state index in [2.05, 4.69) is 58.9 Å². The Hall–Kier alpha value is -0.820. The van der Waals surface area contributed by atoms with E-state index in [1.165, 1.54) is 11.1 Å². The molecule has 1 aromatic rings. The summed E-state index contributed by atoms with van der Waals surface area (Å²) in [4.78, 5) is 11.4. The topological polar surface area (TPSA) is 17.1 Å². The number of halogens is 1. The second-order valence-electron chi connectivity index (χ2n) is 6.95. The van der Waals surface area contributed by atoms with Gasteiger partial charge in [0, 0.05) is 11.8 Å². The molecule has 2 atom stereocenters. The van der Waals surface area contributed by atoms with E-state index >= 15 is 0 Å². The van der Waals surface area contributed by atoms with Crippen molar-refractivity contribution in [3.63, 3.8) is 0 Å². The first-order valence-corrected chi connectivity index (χ1v) is 6.83. The minimum absolute atomic E-state index is 0.00207. The molecule has 1 aliphatic rings. The predicted octanol–water partition coefficient (Wildman–Crippen LogP) is 4.49. The lowest BCUT2D eigenvalue weighted by molar-refractivity contribution is -0.113. The molecule has 0 amide bonds. The summed E-state index contributed by atoms with van der Waals surface area (Å²) in [5.41, 5.74) is 2.71. The normalized spacial score (nSPS) is 25.9. The maximum Gasteiger partial charge on any atom is 0.225 e. The summed E-state index contributed by atoms with van der Waals surface area (Å²) in [5.74, 6) is 0.246. The van der Waals surface area contributed by atoms with E-state index in [1.807, 2.05) is 0 Å². The van der Waals surface area contributed by atoms with Gasteiger partial charge >= 0.3 is 0 Å². The van der Waals surface area contributed by atoms with Gasteiger partial charge in [-0.1, -0.05) is 58.9 Å². The van der Waals surface area contributed by atoms with Gasteiger partial charge in [-0.15, -0.1) is 0 Å². The standard InChI is InChI=1S/C16H21ClO/c1-15(2,3)11-8-6-10(7-9-11)12-13(14(17)18)16(12,4)5/h6-9,12-13H,1-5H3/t12-,13+/m0/s1. The molecular weight excluding hydrogens is 244 g/mol. The zero-order chi connectivity index (χ0) is 13.7. The Morgan fingerprint density at radius 3 is 2.00 bits per heavy atom. The smallest absolute Gasteiger partial charge is 0.225 e. The third-order valence-electron chi connectivity index (χ3n) is 4.21. The van der Waals surface area contributed by atoms with E-state index in [-0.39, 0.29) is 27.9 Å². The molecule has 1 fully saturated rings.